The maximum atomic E-state index is 11.4. The summed E-state index contributed by atoms with van der Waals surface area (Å²) in [5.74, 6) is 0. The third-order valence-corrected chi connectivity index (χ3v) is 6.61. The Morgan fingerprint density at radius 1 is 0.297 bits per heavy atom. The van der Waals surface area contributed by atoms with Gasteiger partial charge in [-0.25, -0.2) is 27.4 Å². The molecule has 0 aliphatic heterocycles. The van der Waals surface area contributed by atoms with E-state index in [-0.39, 0.29) is 23.9 Å². The van der Waals surface area contributed by atoms with E-state index in [1.165, 1.54) is 0 Å². The summed E-state index contributed by atoms with van der Waals surface area (Å²) in [6.45, 7) is 0. The average Bonchev–Trinajstić information content (AvgIpc) is 2.51. The molecule has 1 fully saturated rings. The quantitative estimate of drug-likeness (QED) is 0.0675. The first-order valence-corrected chi connectivity index (χ1v) is 17.2. The van der Waals surface area contributed by atoms with E-state index in [1.807, 2.05) is 0 Å². The van der Waals surface area contributed by atoms with Gasteiger partial charge in [0.05, 0.1) is 0 Å². The molecule has 0 saturated heterocycles. The van der Waals surface area contributed by atoms with Crippen molar-refractivity contribution in [2.24, 2.45) is 0 Å². The van der Waals surface area contributed by atoms with Crippen LogP contribution in [0.25, 0.3) is 0 Å². The molecular formula is C6H18O24P6Sn+2. The third-order valence-electron chi connectivity index (χ3n) is 3.50. The fourth-order valence-corrected chi connectivity index (χ4v) is 6.14. The van der Waals surface area contributed by atoms with Gasteiger partial charge in [0, 0.05) is 0 Å². The van der Waals surface area contributed by atoms with Crippen LogP contribution in [0.1, 0.15) is 0 Å². The molecule has 1 aliphatic carbocycles. The summed E-state index contributed by atoms with van der Waals surface area (Å²) in [5.41, 5.74) is 0. The van der Waals surface area contributed by atoms with E-state index in [1.54, 1.807) is 0 Å². The van der Waals surface area contributed by atoms with Crippen LogP contribution >= 0.6 is 46.9 Å². The molecule has 24 nitrogen and oxygen atoms in total. The molecule has 218 valence electrons. The van der Waals surface area contributed by atoms with E-state index in [0.29, 0.717) is 0 Å². The molecule has 0 bridgehead atoms. The van der Waals surface area contributed by atoms with E-state index < -0.39 is 83.6 Å². The molecule has 0 aromatic heterocycles. The number of hydrogen-bond donors (Lipinski definition) is 12. The third kappa shape index (κ3) is 15.3. The van der Waals surface area contributed by atoms with E-state index in [4.69, 9.17) is 58.7 Å². The molecule has 1 rings (SSSR count). The molecule has 0 amide bonds. The summed E-state index contributed by atoms with van der Waals surface area (Å²) >= 11 is 0. The van der Waals surface area contributed by atoms with Gasteiger partial charge in [-0.1, -0.05) is 0 Å². The van der Waals surface area contributed by atoms with Crippen LogP contribution in [0.2, 0.25) is 0 Å². The van der Waals surface area contributed by atoms with Gasteiger partial charge in [0.15, 0.2) is 0 Å². The zero-order valence-corrected chi connectivity index (χ0v) is 25.1. The van der Waals surface area contributed by atoms with E-state index >= 15 is 0 Å². The molecule has 0 unspecified atom stereocenters. The first kappa shape index (κ1) is 38.5. The van der Waals surface area contributed by atoms with E-state index in [0.717, 1.165) is 0 Å². The van der Waals surface area contributed by atoms with Crippen LogP contribution in [0.5, 0.6) is 0 Å². The van der Waals surface area contributed by atoms with Crippen molar-refractivity contribution in [2.45, 2.75) is 36.6 Å². The zero-order valence-electron chi connectivity index (χ0n) is 16.9. The largest absolute Gasteiger partial charge is 2.00 e. The first-order chi connectivity index (χ1) is 15.6. The minimum atomic E-state index is -6.02. The normalized spacial score (nSPS) is 28.5. The van der Waals surface area contributed by atoms with Crippen molar-refractivity contribution in [3.05, 3.63) is 0 Å². The molecule has 31 heteroatoms. The first-order valence-electron chi connectivity index (χ1n) is 8.01. The SMILES string of the molecule is O=P(O)(O)OC1C(OP(=O)(O)O)C(OP(=O)(O)O)C(OP(=O)(O)O)C(OP(=O)(O)O)C1OP(=O)(O)O.[Sn+2]. The van der Waals surface area contributed by atoms with E-state index in [9.17, 15) is 27.4 Å². The van der Waals surface area contributed by atoms with Gasteiger partial charge >= 0.3 is 70.8 Å². The summed E-state index contributed by atoms with van der Waals surface area (Å²) in [7, 11) is -36.1. The maximum Gasteiger partial charge on any atom is 2.00 e. The van der Waals surface area contributed by atoms with Gasteiger partial charge in [-0.3, -0.25) is 27.1 Å². The molecule has 1 aliphatic rings. The molecule has 0 heterocycles. The second kappa shape index (κ2) is 13.2. The Balaban J connectivity index is 0.0000130. The Morgan fingerprint density at radius 3 is 0.432 bits per heavy atom. The summed E-state index contributed by atoms with van der Waals surface area (Å²) < 4.78 is 93.1. The standard InChI is InChI=1S/C6H18O24P6.Sn/c7-31(8,9)25-1-2(26-32(10,11)12)4(28-34(16,17)18)6(30-36(22,23)24)5(29-35(19,20)21)3(1)27-33(13,14)15;/h1-6H,(H2,7,8,9)(H2,10,11,12)(H2,13,14,15)(H2,16,17,18)(H2,19,20,21)(H2,22,23,24);/q;+2. The summed E-state index contributed by atoms with van der Waals surface area (Å²) in [5, 5.41) is 0. The van der Waals surface area contributed by atoms with Crippen LogP contribution in [-0.4, -0.2) is 119 Å². The second-order valence-electron chi connectivity index (χ2n) is 6.36. The smallest absolute Gasteiger partial charge is 0.303 e. The van der Waals surface area contributed by atoms with Crippen LogP contribution in [0.15, 0.2) is 0 Å². The average molecular weight is 779 g/mol. The van der Waals surface area contributed by atoms with Crippen molar-refractivity contribution in [3.63, 3.8) is 0 Å². The summed E-state index contributed by atoms with van der Waals surface area (Å²) in [4.78, 5) is 110. The van der Waals surface area contributed by atoms with Crippen molar-refractivity contribution < 1.29 is 113 Å². The summed E-state index contributed by atoms with van der Waals surface area (Å²) in [6.07, 6.45) is -18.9. The van der Waals surface area contributed by atoms with Gasteiger partial charge < -0.3 is 58.7 Å². The van der Waals surface area contributed by atoms with Crippen molar-refractivity contribution in [1.82, 2.24) is 0 Å². The Hall–Kier alpha value is 1.46. The van der Waals surface area contributed by atoms with Gasteiger partial charge in [-0.2, -0.15) is 0 Å². The van der Waals surface area contributed by atoms with Crippen LogP contribution in [0, 0.1) is 0 Å². The number of phosphoric ester groups is 6. The Kier molecular flexibility index (Phi) is 13.7. The topological polar surface area (TPSA) is 401 Å². The number of phosphoric acid groups is 6. The van der Waals surface area contributed by atoms with E-state index in [2.05, 4.69) is 27.1 Å². The van der Waals surface area contributed by atoms with Gasteiger partial charge in [0.25, 0.3) is 0 Å². The molecule has 1 saturated carbocycles. The Labute approximate surface area is 220 Å². The van der Waals surface area contributed by atoms with Gasteiger partial charge in [0.1, 0.15) is 36.6 Å². The van der Waals surface area contributed by atoms with Gasteiger partial charge in [-0.05, 0) is 0 Å². The van der Waals surface area contributed by atoms with Crippen molar-refractivity contribution in [3.8, 4) is 0 Å². The monoisotopic (exact) mass is 780 g/mol. The van der Waals surface area contributed by atoms with Crippen molar-refractivity contribution >= 4 is 70.8 Å². The van der Waals surface area contributed by atoms with Crippen molar-refractivity contribution in [1.29, 1.82) is 0 Å². The molecule has 0 aromatic carbocycles. The molecule has 0 atom stereocenters. The fraction of sp³-hybridized carbons (Fsp3) is 1.00. The number of rotatable bonds is 12. The van der Waals surface area contributed by atoms with Crippen LogP contribution < -0.4 is 0 Å². The molecule has 37 heavy (non-hydrogen) atoms. The Bertz CT molecular complexity index is 824. The predicted octanol–water partition coefficient (Wildman–Crippen LogP) is -3.51. The van der Waals surface area contributed by atoms with Gasteiger partial charge in [0.2, 0.25) is 0 Å². The van der Waals surface area contributed by atoms with Crippen LogP contribution in [0.3, 0.4) is 0 Å². The van der Waals surface area contributed by atoms with Crippen LogP contribution in [0.4, 0.5) is 0 Å². The molecule has 0 spiro atoms. The van der Waals surface area contributed by atoms with Gasteiger partial charge in [-0.15, -0.1) is 0 Å². The Morgan fingerprint density at radius 2 is 0.378 bits per heavy atom. The molecule has 12 N–H and O–H groups in total. The van der Waals surface area contributed by atoms with Crippen LogP contribution in [-0.2, 0) is 54.5 Å². The molecule has 2 radical (unpaired) electrons. The number of hydrogen-bond acceptors (Lipinski definition) is 12. The zero-order chi connectivity index (χ0) is 28.7. The molecule has 0 aromatic rings. The molecular weight excluding hydrogens is 761 g/mol. The predicted molar refractivity (Wildman–Crippen MR) is 107 cm³/mol. The minimum absolute atomic E-state index is 0. The second-order valence-corrected chi connectivity index (χ2v) is 13.5. The fourth-order valence-electron chi connectivity index (χ4n) is 2.79. The minimum Gasteiger partial charge on any atom is -0.303 e. The van der Waals surface area contributed by atoms with Crippen molar-refractivity contribution in [2.75, 3.05) is 0 Å². The maximum absolute atomic E-state index is 11.4. The summed E-state index contributed by atoms with van der Waals surface area (Å²) in [6, 6.07) is 0.